The number of carboxylic acid groups (broad SMARTS) is 2. The van der Waals surface area contributed by atoms with Gasteiger partial charge in [0, 0.05) is 25.2 Å². The molecule has 0 saturated carbocycles. The molecule has 214 valence electrons. The predicted octanol–water partition coefficient (Wildman–Crippen LogP) is 2.33. The number of anilines is 1. The van der Waals surface area contributed by atoms with E-state index in [-0.39, 0.29) is 23.8 Å². The first-order valence-corrected chi connectivity index (χ1v) is 13.4. The van der Waals surface area contributed by atoms with Crippen LogP contribution in [0.4, 0.5) is 19.0 Å². The minimum Gasteiger partial charge on any atom is -0.480 e. The molecule has 15 heteroatoms. The SMILES string of the molecule is O=C(CCCCc1ccc2c(n1)NCCC2)NC[C@H](NS(=O)(=O)c1ccccc1)C(=O)O.O=C(O)C(F)(F)F. The summed E-state index contributed by atoms with van der Waals surface area (Å²) in [6, 6.07) is 10.1. The van der Waals surface area contributed by atoms with E-state index in [0.717, 1.165) is 43.7 Å². The average Bonchev–Trinajstić information content (AvgIpc) is 2.89. The number of sulfonamides is 1. The van der Waals surface area contributed by atoms with Crippen molar-refractivity contribution in [3.8, 4) is 0 Å². The van der Waals surface area contributed by atoms with Crippen LogP contribution in [0.25, 0.3) is 0 Å². The maximum atomic E-state index is 12.3. The van der Waals surface area contributed by atoms with E-state index >= 15 is 0 Å². The quantitative estimate of drug-likeness (QED) is 0.252. The Labute approximate surface area is 222 Å². The van der Waals surface area contributed by atoms with Crippen molar-refractivity contribution in [1.82, 2.24) is 15.0 Å². The molecule has 1 aliphatic rings. The highest BCUT2D eigenvalue weighted by Crippen LogP contribution is 2.20. The molecule has 1 aromatic heterocycles. The number of aryl methyl sites for hydroxylation is 2. The molecule has 0 unspecified atom stereocenters. The van der Waals surface area contributed by atoms with Crippen LogP contribution in [-0.2, 0) is 37.2 Å². The Bertz CT molecular complexity index is 1240. The zero-order chi connectivity index (χ0) is 29.1. The summed E-state index contributed by atoms with van der Waals surface area (Å²) < 4.78 is 58.5. The van der Waals surface area contributed by atoms with Gasteiger partial charge in [-0.15, -0.1) is 0 Å². The van der Waals surface area contributed by atoms with Crippen LogP contribution >= 0.6 is 0 Å². The summed E-state index contributed by atoms with van der Waals surface area (Å²) in [5, 5.41) is 22.3. The highest BCUT2D eigenvalue weighted by molar-refractivity contribution is 7.89. The van der Waals surface area contributed by atoms with Crippen LogP contribution in [0, 0.1) is 0 Å². The summed E-state index contributed by atoms with van der Waals surface area (Å²) in [5.74, 6) is -3.50. The van der Waals surface area contributed by atoms with Crippen molar-refractivity contribution >= 4 is 33.7 Å². The van der Waals surface area contributed by atoms with Crippen LogP contribution in [0.2, 0.25) is 0 Å². The molecule has 3 rings (SSSR count). The van der Waals surface area contributed by atoms with Crippen molar-refractivity contribution in [2.75, 3.05) is 18.4 Å². The van der Waals surface area contributed by atoms with Crippen LogP contribution in [0.15, 0.2) is 47.4 Å². The molecule has 0 aliphatic carbocycles. The van der Waals surface area contributed by atoms with Crippen LogP contribution in [0.1, 0.15) is 36.9 Å². The van der Waals surface area contributed by atoms with E-state index < -0.39 is 34.2 Å². The number of rotatable bonds is 11. The third kappa shape index (κ3) is 10.9. The first-order valence-electron chi connectivity index (χ1n) is 11.9. The minimum atomic E-state index is -5.08. The van der Waals surface area contributed by atoms with Gasteiger partial charge in [0.2, 0.25) is 15.9 Å². The number of halogens is 3. The number of nitrogens with one attached hydrogen (secondary N) is 3. The topological polar surface area (TPSA) is 175 Å². The number of carboxylic acids is 2. The Kier molecular flexibility index (Phi) is 11.7. The van der Waals surface area contributed by atoms with Crippen molar-refractivity contribution in [3.63, 3.8) is 0 Å². The molecule has 0 bridgehead atoms. The standard InChI is InChI=1S/C22H28N4O5S.C2HF3O2/c27-20(11-5-4-8-17-13-12-16-7-6-14-23-21(16)25-17)24-15-19(22(28)29)26-32(30,31)18-9-2-1-3-10-18;3-2(4,5)1(6)7/h1-3,9-10,12-13,19,26H,4-8,11,14-15H2,(H,23,25)(H,24,27)(H,28,29);(H,6,7)/t19-;/m0./s1. The molecule has 11 nitrogen and oxygen atoms in total. The Morgan fingerprint density at radius 2 is 1.72 bits per heavy atom. The van der Waals surface area contributed by atoms with Crippen molar-refractivity contribution in [2.24, 2.45) is 0 Å². The van der Waals surface area contributed by atoms with Crippen molar-refractivity contribution in [2.45, 2.75) is 55.6 Å². The van der Waals surface area contributed by atoms with E-state index in [4.69, 9.17) is 9.90 Å². The monoisotopic (exact) mass is 574 g/mol. The number of carbonyl (C=O) groups is 3. The second kappa shape index (κ2) is 14.4. The Balaban J connectivity index is 0.000000673. The zero-order valence-corrected chi connectivity index (χ0v) is 21.5. The van der Waals surface area contributed by atoms with E-state index in [2.05, 4.69) is 26.4 Å². The van der Waals surface area contributed by atoms with E-state index in [1.165, 1.54) is 17.7 Å². The molecule has 39 heavy (non-hydrogen) atoms. The van der Waals surface area contributed by atoms with Crippen LogP contribution in [-0.4, -0.2) is 66.8 Å². The molecule has 0 saturated heterocycles. The van der Waals surface area contributed by atoms with Gasteiger partial charge in [0.15, 0.2) is 0 Å². The lowest BCUT2D eigenvalue weighted by Crippen LogP contribution is -2.48. The number of benzene rings is 1. The zero-order valence-electron chi connectivity index (χ0n) is 20.7. The summed E-state index contributed by atoms with van der Waals surface area (Å²) in [7, 11) is -4.00. The van der Waals surface area contributed by atoms with Crippen LogP contribution in [0.5, 0.6) is 0 Å². The predicted molar refractivity (Wildman–Crippen MR) is 133 cm³/mol. The van der Waals surface area contributed by atoms with Crippen molar-refractivity contribution in [1.29, 1.82) is 0 Å². The summed E-state index contributed by atoms with van der Waals surface area (Å²) in [5.41, 5.74) is 2.20. The highest BCUT2D eigenvalue weighted by Gasteiger charge is 2.38. The Morgan fingerprint density at radius 3 is 2.33 bits per heavy atom. The second-order valence-corrected chi connectivity index (χ2v) is 10.2. The third-order valence-corrected chi connectivity index (χ3v) is 6.92. The van der Waals surface area contributed by atoms with Crippen LogP contribution < -0.4 is 15.4 Å². The summed E-state index contributed by atoms with van der Waals surface area (Å²) in [6.45, 7) is 0.598. The van der Waals surface area contributed by atoms with Gasteiger partial charge < -0.3 is 20.8 Å². The van der Waals surface area contributed by atoms with Gasteiger partial charge in [-0.3, -0.25) is 9.59 Å². The first-order chi connectivity index (χ1) is 18.3. The molecule has 0 spiro atoms. The lowest BCUT2D eigenvalue weighted by molar-refractivity contribution is -0.192. The molecule has 2 heterocycles. The maximum Gasteiger partial charge on any atom is 0.490 e. The van der Waals surface area contributed by atoms with E-state index in [1.54, 1.807) is 18.2 Å². The van der Waals surface area contributed by atoms with E-state index in [1.807, 2.05) is 6.07 Å². The van der Waals surface area contributed by atoms with Gasteiger partial charge in [0.25, 0.3) is 0 Å². The first kappa shape index (κ1) is 31.5. The lowest BCUT2D eigenvalue weighted by atomic mass is 10.1. The largest absolute Gasteiger partial charge is 0.490 e. The molecule has 0 radical (unpaired) electrons. The number of carbonyl (C=O) groups excluding carboxylic acids is 1. The van der Waals surface area contributed by atoms with Crippen molar-refractivity contribution < 1.29 is 46.2 Å². The number of hydrogen-bond acceptors (Lipinski definition) is 7. The number of alkyl halides is 3. The van der Waals surface area contributed by atoms with Gasteiger partial charge in [-0.1, -0.05) is 24.3 Å². The van der Waals surface area contributed by atoms with Gasteiger partial charge in [-0.2, -0.15) is 17.9 Å². The normalized spacial score (nSPS) is 13.6. The maximum absolute atomic E-state index is 12.3. The van der Waals surface area contributed by atoms with Gasteiger partial charge in [0.05, 0.1) is 4.90 Å². The lowest BCUT2D eigenvalue weighted by Gasteiger charge is -2.17. The van der Waals surface area contributed by atoms with E-state index in [9.17, 15) is 36.3 Å². The van der Waals surface area contributed by atoms with Gasteiger partial charge >= 0.3 is 18.1 Å². The highest BCUT2D eigenvalue weighted by atomic mass is 32.2. The Hall–Kier alpha value is -3.72. The number of hydrogen-bond donors (Lipinski definition) is 5. The summed E-state index contributed by atoms with van der Waals surface area (Å²) in [4.78, 5) is 37.0. The number of nitrogens with zero attached hydrogens (tertiary/aromatic N) is 1. The summed E-state index contributed by atoms with van der Waals surface area (Å²) in [6.07, 6.45) is -0.584. The molecule has 1 aliphatic heterocycles. The molecule has 2 aromatic rings. The molecular formula is C24H29F3N4O7S. The number of aliphatic carboxylic acids is 2. The molecule has 1 amide bonds. The number of amides is 1. The number of pyridine rings is 1. The smallest absolute Gasteiger partial charge is 0.480 e. The fourth-order valence-electron chi connectivity index (χ4n) is 3.44. The molecule has 1 atom stereocenters. The molecule has 0 fully saturated rings. The van der Waals surface area contributed by atoms with Gasteiger partial charge in [-0.25, -0.2) is 18.2 Å². The number of aromatic nitrogens is 1. The van der Waals surface area contributed by atoms with Crippen LogP contribution in [0.3, 0.4) is 0 Å². The van der Waals surface area contributed by atoms with Gasteiger partial charge in [0.1, 0.15) is 11.9 Å². The molecule has 1 aromatic carbocycles. The number of unbranched alkanes of at least 4 members (excludes halogenated alkanes) is 1. The summed E-state index contributed by atoms with van der Waals surface area (Å²) >= 11 is 0. The minimum absolute atomic E-state index is 0.0384. The third-order valence-electron chi connectivity index (χ3n) is 5.43. The van der Waals surface area contributed by atoms with Gasteiger partial charge in [-0.05, 0) is 55.9 Å². The second-order valence-electron chi connectivity index (χ2n) is 8.48. The molecular weight excluding hydrogens is 545 g/mol. The molecule has 5 N–H and O–H groups in total. The average molecular weight is 575 g/mol. The van der Waals surface area contributed by atoms with Crippen molar-refractivity contribution in [3.05, 3.63) is 53.7 Å². The van der Waals surface area contributed by atoms with E-state index in [0.29, 0.717) is 6.42 Å². The number of fused-ring (bicyclic) bond motifs is 1. The Morgan fingerprint density at radius 1 is 1.05 bits per heavy atom. The fourth-order valence-corrected chi connectivity index (χ4v) is 4.65. The fraction of sp³-hybridized carbons (Fsp3) is 0.417.